The maximum Gasteiger partial charge on any atom is 0.387 e. The van der Waals surface area contributed by atoms with Crippen LogP contribution in [0.5, 0.6) is 5.75 Å². The van der Waals surface area contributed by atoms with Crippen LogP contribution >= 0.6 is 0 Å². The molecular weight excluding hydrogens is 284 g/mol. The van der Waals surface area contributed by atoms with E-state index in [0.717, 1.165) is 0 Å². The summed E-state index contributed by atoms with van der Waals surface area (Å²) in [5, 5.41) is 2.90. The van der Waals surface area contributed by atoms with Crippen molar-refractivity contribution in [1.29, 1.82) is 0 Å². The molecule has 8 heteroatoms. The molecule has 21 heavy (non-hydrogen) atoms. The molecule has 0 radical (unpaired) electrons. The van der Waals surface area contributed by atoms with Crippen LogP contribution in [-0.4, -0.2) is 29.7 Å². The average Bonchev–Trinajstić information content (AvgIpc) is 2.49. The van der Waals surface area contributed by atoms with Gasteiger partial charge in [-0.2, -0.15) is 8.78 Å². The number of rotatable bonds is 5. The number of esters is 1. The van der Waals surface area contributed by atoms with Crippen molar-refractivity contribution >= 4 is 17.5 Å². The predicted molar refractivity (Wildman–Crippen MR) is 69.7 cm³/mol. The number of benzene rings is 1. The number of nitrogens with zero attached hydrogens (tertiary/aromatic N) is 2. The molecule has 0 aliphatic rings. The Hall–Kier alpha value is -2.77. The lowest BCUT2D eigenvalue weighted by Gasteiger charge is -2.07. The molecule has 0 atom stereocenters. The van der Waals surface area contributed by atoms with Crippen molar-refractivity contribution in [3.63, 3.8) is 0 Å². The van der Waals surface area contributed by atoms with Crippen LogP contribution in [0.4, 0.5) is 20.3 Å². The molecule has 0 amide bonds. The Labute approximate surface area is 118 Å². The third-order valence-electron chi connectivity index (χ3n) is 2.40. The smallest absolute Gasteiger partial charge is 0.387 e. The molecule has 0 aliphatic heterocycles. The van der Waals surface area contributed by atoms with Gasteiger partial charge in [-0.3, -0.25) is 0 Å². The van der Waals surface area contributed by atoms with E-state index in [-0.39, 0.29) is 11.4 Å². The Morgan fingerprint density at radius 1 is 1.19 bits per heavy atom. The number of ether oxygens (including phenoxy) is 2. The highest BCUT2D eigenvalue weighted by Crippen LogP contribution is 2.20. The van der Waals surface area contributed by atoms with E-state index in [0.29, 0.717) is 11.5 Å². The van der Waals surface area contributed by atoms with Gasteiger partial charge in [-0.05, 0) is 24.3 Å². The van der Waals surface area contributed by atoms with Crippen molar-refractivity contribution in [3.8, 4) is 5.75 Å². The van der Waals surface area contributed by atoms with Crippen LogP contribution in [0.2, 0.25) is 0 Å². The topological polar surface area (TPSA) is 73.3 Å². The molecule has 1 aromatic carbocycles. The largest absolute Gasteiger partial charge is 0.464 e. The average molecular weight is 295 g/mol. The Balaban J connectivity index is 2.02. The summed E-state index contributed by atoms with van der Waals surface area (Å²) in [6.45, 7) is -2.86. The van der Waals surface area contributed by atoms with E-state index >= 15 is 0 Å². The van der Waals surface area contributed by atoms with Crippen molar-refractivity contribution in [3.05, 3.63) is 42.4 Å². The third kappa shape index (κ3) is 4.10. The van der Waals surface area contributed by atoms with Gasteiger partial charge in [0.25, 0.3) is 0 Å². The second-order valence-electron chi connectivity index (χ2n) is 3.81. The van der Waals surface area contributed by atoms with Gasteiger partial charge < -0.3 is 14.8 Å². The fourth-order valence-corrected chi connectivity index (χ4v) is 1.47. The molecule has 1 aromatic heterocycles. The van der Waals surface area contributed by atoms with Crippen LogP contribution in [0, 0.1) is 0 Å². The van der Waals surface area contributed by atoms with E-state index in [1.54, 1.807) is 12.1 Å². The zero-order valence-electron chi connectivity index (χ0n) is 10.9. The minimum Gasteiger partial charge on any atom is -0.464 e. The van der Waals surface area contributed by atoms with Crippen molar-refractivity contribution in [2.24, 2.45) is 0 Å². The summed E-state index contributed by atoms with van der Waals surface area (Å²) in [6.07, 6.45) is 2.62. The van der Waals surface area contributed by atoms with E-state index in [9.17, 15) is 13.6 Å². The maximum atomic E-state index is 12.0. The summed E-state index contributed by atoms with van der Waals surface area (Å²) in [6, 6.07) is 5.89. The number of aromatic nitrogens is 2. The fraction of sp³-hybridized carbons (Fsp3) is 0.154. The first-order valence-electron chi connectivity index (χ1n) is 5.81. The van der Waals surface area contributed by atoms with Crippen LogP contribution < -0.4 is 10.1 Å². The summed E-state index contributed by atoms with van der Waals surface area (Å²) in [7, 11) is 1.25. The second kappa shape index (κ2) is 6.60. The van der Waals surface area contributed by atoms with Crippen molar-refractivity contribution < 1.29 is 23.0 Å². The lowest BCUT2D eigenvalue weighted by Crippen LogP contribution is -2.05. The van der Waals surface area contributed by atoms with Gasteiger partial charge >= 0.3 is 12.6 Å². The number of anilines is 2. The highest BCUT2D eigenvalue weighted by molar-refractivity contribution is 5.86. The van der Waals surface area contributed by atoms with Gasteiger partial charge in [-0.15, -0.1) is 0 Å². The molecule has 0 unspecified atom stereocenters. The van der Waals surface area contributed by atoms with E-state index in [4.69, 9.17) is 0 Å². The standard InChI is InChI=1S/C13H11F2N3O3/c1-20-12(19)10-6-17-11(7-16-10)18-8-2-4-9(5-3-8)21-13(14)15/h2-7,13H,1H3,(H,17,18). The lowest BCUT2D eigenvalue weighted by atomic mass is 10.3. The van der Waals surface area contributed by atoms with Crippen molar-refractivity contribution in [2.45, 2.75) is 6.61 Å². The van der Waals surface area contributed by atoms with Crippen LogP contribution in [0.1, 0.15) is 10.5 Å². The van der Waals surface area contributed by atoms with Gasteiger partial charge in [0.15, 0.2) is 5.69 Å². The van der Waals surface area contributed by atoms with Gasteiger partial charge in [0, 0.05) is 5.69 Å². The number of methoxy groups -OCH3 is 1. The first-order valence-corrected chi connectivity index (χ1v) is 5.81. The van der Waals surface area contributed by atoms with Crippen LogP contribution in [0.25, 0.3) is 0 Å². The van der Waals surface area contributed by atoms with Crippen LogP contribution in [-0.2, 0) is 4.74 Å². The van der Waals surface area contributed by atoms with E-state index < -0.39 is 12.6 Å². The number of alkyl halides is 2. The fourth-order valence-electron chi connectivity index (χ4n) is 1.47. The number of hydrogen-bond acceptors (Lipinski definition) is 6. The Kier molecular flexibility index (Phi) is 4.60. The quantitative estimate of drug-likeness (QED) is 0.855. The molecule has 1 heterocycles. The molecule has 6 nitrogen and oxygen atoms in total. The molecule has 2 aromatic rings. The molecule has 1 N–H and O–H groups in total. The summed E-state index contributed by atoms with van der Waals surface area (Å²) in [4.78, 5) is 19.1. The second-order valence-corrected chi connectivity index (χ2v) is 3.81. The van der Waals surface area contributed by atoms with E-state index in [1.165, 1.54) is 31.6 Å². The Morgan fingerprint density at radius 2 is 1.90 bits per heavy atom. The summed E-state index contributed by atoms with van der Waals surface area (Å²) >= 11 is 0. The molecule has 0 spiro atoms. The van der Waals surface area contributed by atoms with E-state index in [1.807, 2.05) is 0 Å². The van der Waals surface area contributed by atoms with Gasteiger partial charge in [-0.25, -0.2) is 14.8 Å². The van der Waals surface area contributed by atoms with Crippen molar-refractivity contribution in [2.75, 3.05) is 12.4 Å². The minimum absolute atomic E-state index is 0.0580. The molecule has 0 saturated carbocycles. The molecule has 0 aliphatic carbocycles. The Bertz CT molecular complexity index is 603. The van der Waals surface area contributed by atoms with Crippen LogP contribution in [0.15, 0.2) is 36.7 Å². The van der Waals surface area contributed by atoms with E-state index in [2.05, 4.69) is 24.8 Å². The summed E-state index contributed by atoms with van der Waals surface area (Å²) in [5.74, 6) is -0.129. The third-order valence-corrected chi connectivity index (χ3v) is 2.40. The maximum absolute atomic E-state index is 12.0. The molecule has 0 saturated heterocycles. The molecular formula is C13H11F2N3O3. The number of halogens is 2. The van der Waals surface area contributed by atoms with Gasteiger partial charge in [0.2, 0.25) is 0 Å². The SMILES string of the molecule is COC(=O)c1cnc(Nc2ccc(OC(F)F)cc2)cn1. The lowest BCUT2D eigenvalue weighted by molar-refractivity contribution is -0.0498. The highest BCUT2D eigenvalue weighted by Gasteiger charge is 2.08. The predicted octanol–water partition coefficient (Wildman–Crippen LogP) is 2.61. The number of nitrogens with one attached hydrogen (secondary N) is 1. The zero-order valence-corrected chi connectivity index (χ0v) is 10.9. The van der Waals surface area contributed by atoms with Gasteiger partial charge in [0.05, 0.1) is 19.5 Å². The van der Waals surface area contributed by atoms with Gasteiger partial charge in [0.1, 0.15) is 11.6 Å². The minimum atomic E-state index is -2.86. The van der Waals surface area contributed by atoms with Gasteiger partial charge in [-0.1, -0.05) is 0 Å². The highest BCUT2D eigenvalue weighted by atomic mass is 19.3. The number of carbonyl (C=O) groups is 1. The van der Waals surface area contributed by atoms with Crippen LogP contribution in [0.3, 0.4) is 0 Å². The Morgan fingerprint density at radius 3 is 2.43 bits per heavy atom. The first-order chi connectivity index (χ1) is 10.1. The molecule has 0 bridgehead atoms. The molecule has 2 rings (SSSR count). The first kappa shape index (κ1) is 14.6. The van der Waals surface area contributed by atoms with Crippen molar-refractivity contribution in [1.82, 2.24) is 9.97 Å². The number of hydrogen-bond donors (Lipinski definition) is 1. The molecule has 110 valence electrons. The number of carbonyl (C=O) groups excluding carboxylic acids is 1. The summed E-state index contributed by atoms with van der Waals surface area (Å²) in [5.41, 5.74) is 0.695. The molecule has 0 fully saturated rings. The zero-order chi connectivity index (χ0) is 15.2. The monoisotopic (exact) mass is 295 g/mol. The summed E-state index contributed by atoms with van der Waals surface area (Å²) < 4.78 is 32.7. The normalized spacial score (nSPS) is 10.3.